The van der Waals surface area contributed by atoms with E-state index in [0.717, 1.165) is 28.5 Å². The molecule has 8 heteroatoms. The number of hydrogen-bond acceptors (Lipinski definition) is 3. The number of halogens is 3. The molecule has 0 fully saturated rings. The Morgan fingerprint density at radius 2 is 1.75 bits per heavy atom. The van der Waals surface area contributed by atoms with Gasteiger partial charge in [-0.2, -0.15) is 13.2 Å². The van der Waals surface area contributed by atoms with Crippen molar-refractivity contribution in [2.24, 2.45) is 0 Å². The maximum atomic E-state index is 13.1. The van der Waals surface area contributed by atoms with Gasteiger partial charge in [0, 0.05) is 12.0 Å². The molecule has 150 valence electrons. The number of anilines is 1. The first kappa shape index (κ1) is 20.0. The number of quaternary nitrogens is 1. The van der Waals surface area contributed by atoms with E-state index in [0.29, 0.717) is 24.6 Å². The van der Waals surface area contributed by atoms with Crippen LogP contribution in [-0.2, 0) is 23.9 Å². The molecule has 1 unspecified atom stereocenters. The molecule has 2 aromatic rings. The summed E-state index contributed by atoms with van der Waals surface area (Å²) in [7, 11) is 3.14. The van der Waals surface area contributed by atoms with Crippen LogP contribution >= 0.6 is 0 Å². The van der Waals surface area contributed by atoms with Crippen LogP contribution in [-0.4, -0.2) is 33.2 Å². The molecule has 0 saturated heterocycles. The first-order valence-corrected chi connectivity index (χ1v) is 8.85. The van der Waals surface area contributed by atoms with Gasteiger partial charge in [0.2, 0.25) is 0 Å². The average Bonchev–Trinajstić information content (AvgIpc) is 2.66. The van der Waals surface area contributed by atoms with Gasteiger partial charge in [0.15, 0.2) is 18.0 Å². The molecule has 1 amide bonds. The summed E-state index contributed by atoms with van der Waals surface area (Å²) >= 11 is 0. The zero-order chi connectivity index (χ0) is 20.3. The Hall–Kier alpha value is -2.74. The fraction of sp³-hybridized carbons (Fsp3) is 0.350. The smallest absolute Gasteiger partial charge is 0.418 e. The van der Waals surface area contributed by atoms with Crippen molar-refractivity contribution in [3.63, 3.8) is 0 Å². The van der Waals surface area contributed by atoms with E-state index < -0.39 is 17.6 Å². The molecule has 0 spiro atoms. The summed E-state index contributed by atoms with van der Waals surface area (Å²) in [5.74, 6) is 0.827. The zero-order valence-electron chi connectivity index (χ0n) is 15.7. The molecule has 1 atom stereocenters. The van der Waals surface area contributed by atoms with Crippen molar-refractivity contribution >= 4 is 11.6 Å². The zero-order valence-corrected chi connectivity index (χ0v) is 15.7. The summed E-state index contributed by atoms with van der Waals surface area (Å²) < 4.78 is 49.9. The Labute approximate surface area is 161 Å². The monoisotopic (exact) mass is 395 g/mol. The van der Waals surface area contributed by atoms with Crippen molar-refractivity contribution in [2.75, 3.05) is 32.6 Å². The third-order valence-corrected chi connectivity index (χ3v) is 4.81. The first-order chi connectivity index (χ1) is 13.3. The quantitative estimate of drug-likeness (QED) is 0.817. The van der Waals surface area contributed by atoms with E-state index in [4.69, 9.17) is 9.47 Å². The molecule has 2 aromatic carbocycles. The Morgan fingerprint density at radius 1 is 1.11 bits per heavy atom. The second-order valence-electron chi connectivity index (χ2n) is 6.67. The van der Waals surface area contributed by atoms with Gasteiger partial charge in [-0.1, -0.05) is 12.1 Å². The third kappa shape index (κ3) is 4.39. The highest BCUT2D eigenvalue weighted by Gasteiger charge is 2.34. The lowest BCUT2D eigenvalue weighted by molar-refractivity contribution is -0.907. The summed E-state index contributed by atoms with van der Waals surface area (Å²) in [6, 6.07) is 8.81. The van der Waals surface area contributed by atoms with Gasteiger partial charge in [-0.05, 0) is 29.8 Å². The van der Waals surface area contributed by atoms with E-state index in [-0.39, 0.29) is 12.2 Å². The molecule has 2 N–H and O–H groups in total. The lowest BCUT2D eigenvalue weighted by Crippen LogP contribution is -3.12. The second-order valence-corrected chi connectivity index (χ2v) is 6.67. The van der Waals surface area contributed by atoms with E-state index in [1.165, 1.54) is 18.2 Å². The van der Waals surface area contributed by atoms with Crippen LogP contribution in [0.4, 0.5) is 18.9 Å². The molecular weight excluding hydrogens is 373 g/mol. The van der Waals surface area contributed by atoms with Gasteiger partial charge in [0.05, 0.1) is 32.0 Å². The van der Waals surface area contributed by atoms with Gasteiger partial charge < -0.3 is 19.7 Å². The van der Waals surface area contributed by atoms with Gasteiger partial charge in [0.1, 0.15) is 6.54 Å². The Balaban J connectivity index is 1.69. The Kier molecular flexibility index (Phi) is 5.79. The number of alkyl halides is 3. The largest absolute Gasteiger partial charge is 0.493 e. The predicted octanol–water partition coefficient (Wildman–Crippen LogP) is 2.30. The van der Waals surface area contributed by atoms with Crippen LogP contribution in [0, 0.1) is 0 Å². The highest BCUT2D eigenvalue weighted by Crippen LogP contribution is 2.34. The van der Waals surface area contributed by atoms with Crippen molar-refractivity contribution in [3.8, 4) is 11.5 Å². The number of benzene rings is 2. The van der Waals surface area contributed by atoms with Crippen LogP contribution < -0.4 is 19.7 Å². The van der Waals surface area contributed by atoms with Crippen LogP contribution in [0.1, 0.15) is 16.7 Å². The highest BCUT2D eigenvalue weighted by molar-refractivity contribution is 5.92. The summed E-state index contributed by atoms with van der Waals surface area (Å²) in [5.41, 5.74) is 1.11. The second kappa shape index (κ2) is 8.10. The number of amides is 1. The number of methoxy groups -OCH3 is 2. The Morgan fingerprint density at radius 3 is 2.39 bits per heavy atom. The maximum absolute atomic E-state index is 13.1. The minimum Gasteiger partial charge on any atom is -0.493 e. The number of rotatable bonds is 5. The third-order valence-electron chi connectivity index (χ3n) is 4.81. The van der Waals surface area contributed by atoms with Gasteiger partial charge in [-0.3, -0.25) is 4.79 Å². The molecule has 0 aromatic heterocycles. The fourth-order valence-corrected chi connectivity index (χ4v) is 3.44. The topological polar surface area (TPSA) is 52.0 Å². The molecule has 1 heterocycles. The number of para-hydroxylation sites is 1. The van der Waals surface area contributed by atoms with E-state index in [1.807, 2.05) is 12.1 Å². The minimum absolute atomic E-state index is 0.0833. The molecule has 1 aliphatic heterocycles. The summed E-state index contributed by atoms with van der Waals surface area (Å²) in [4.78, 5) is 13.3. The normalized spacial score (nSPS) is 16.2. The molecule has 3 rings (SSSR count). The number of ether oxygens (including phenoxy) is 2. The van der Waals surface area contributed by atoms with E-state index >= 15 is 0 Å². The maximum Gasteiger partial charge on any atom is 0.418 e. The summed E-state index contributed by atoms with van der Waals surface area (Å²) in [5, 5.41) is 2.40. The first-order valence-electron chi connectivity index (χ1n) is 8.85. The highest BCUT2D eigenvalue weighted by atomic mass is 19.4. The number of carbonyl (C=O) groups excluding carboxylic acids is 1. The van der Waals surface area contributed by atoms with Crippen LogP contribution in [0.3, 0.4) is 0 Å². The number of nitrogens with one attached hydrogen (secondary N) is 2. The van der Waals surface area contributed by atoms with E-state index in [1.54, 1.807) is 14.2 Å². The predicted molar refractivity (Wildman–Crippen MR) is 97.7 cm³/mol. The van der Waals surface area contributed by atoms with Crippen LogP contribution in [0.2, 0.25) is 0 Å². The number of hydrogen-bond donors (Lipinski definition) is 2. The van der Waals surface area contributed by atoms with E-state index in [9.17, 15) is 18.0 Å². The van der Waals surface area contributed by atoms with Crippen LogP contribution in [0.25, 0.3) is 0 Å². The lowest BCUT2D eigenvalue weighted by Gasteiger charge is -2.26. The van der Waals surface area contributed by atoms with Gasteiger partial charge in [-0.15, -0.1) is 0 Å². The SMILES string of the molecule is COc1cc2c(cc1OC)C[NH+](CC(=O)Nc1ccccc1C(F)(F)F)CC2. The number of fused-ring (bicyclic) bond motifs is 1. The molecule has 0 aliphatic carbocycles. The average molecular weight is 395 g/mol. The molecule has 5 nitrogen and oxygen atoms in total. The minimum atomic E-state index is -4.52. The lowest BCUT2D eigenvalue weighted by atomic mass is 9.99. The molecule has 0 radical (unpaired) electrons. The van der Waals surface area contributed by atoms with Crippen LogP contribution in [0.5, 0.6) is 11.5 Å². The van der Waals surface area contributed by atoms with Crippen molar-refractivity contribution in [1.82, 2.24) is 0 Å². The molecule has 0 bridgehead atoms. The summed E-state index contributed by atoms with van der Waals surface area (Å²) in [6.07, 6.45) is -3.77. The molecular formula is C20H22F3N2O3+. The van der Waals surface area contributed by atoms with Gasteiger partial charge in [0.25, 0.3) is 5.91 Å². The van der Waals surface area contributed by atoms with Gasteiger partial charge >= 0.3 is 6.18 Å². The molecule has 28 heavy (non-hydrogen) atoms. The van der Waals surface area contributed by atoms with Crippen LogP contribution in [0.15, 0.2) is 36.4 Å². The standard InChI is InChI=1S/C20H21F3N2O3/c1-27-17-9-13-7-8-25(11-14(13)10-18(17)28-2)12-19(26)24-16-6-4-3-5-15(16)20(21,22)23/h3-6,9-10H,7-8,11-12H2,1-2H3,(H,24,26)/p+1. The molecule has 0 saturated carbocycles. The summed E-state index contributed by atoms with van der Waals surface area (Å²) in [6.45, 7) is 1.38. The van der Waals surface area contributed by atoms with Crippen molar-refractivity contribution in [2.45, 2.75) is 19.1 Å². The van der Waals surface area contributed by atoms with Crippen molar-refractivity contribution in [3.05, 3.63) is 53.1 Å². The Bertz CT molecular complexity index is 868. The van der Waals surface area contributed by atoms with Crippen molar-refractivity contribution in [1.29, 1.82) is 0 Å². The van der Waals surface area contributed by atoms with E-state index in [2.05, 4.69) is 5.32 Å². The van der Waals surface area contributed by atoms with Crippen molar-refractivity contribution < 1.29 is 32.3 Å². The number of carbonyl (C=O) groups is 1. The molecule has 1 aliphatic rings. The van der Waals surface area contributed by atoms with Gasteiger partial charge in [-0.25, -0.2) is 0 Å². The fourth-order valence-electron chi connectivity index (χ4n) is 3.44.